The van der Waals surface area contributed by atoms with Gasteiger partial charge in [0.05, 0.1) is 22.8 Å². The molecule has 0 spiro atoms. The second-order valence-corrected chi connectivity index (χ2v) is 10.6. The Morgan fingerprint density at radius 2 is 0.487 bits per heavy atom. The monoisotopic (exact) mass is 704 g/mol. The molecule has 4 nitrogen and oxygen atoms in total. The fourth-order valence-electron chi connectivity index (χ4n) is 2.06. The van der Waals surface area contributed by atoms with Crippen molar-refractivity contribution in [1.29, 1.82) is 0 Å². The largest absolute Gasteiger partial charge is 2.00 e. The van der Waals surface area contributed by atoms with Crippen LogP contribution in [-0.2, 0) is 19.5 Å². The van der Waals surface area contributed by atoms with E-state index in [1.165, 1.54) is 0 Å². The normalized spacial score (nSPS) is 14.3. The van der Waals surface area contributed by atoms with Crippen molar-refractivity contribution < 1.29 is 69.8 Å². The van der Waals surface area contributed by atoms with Crippen molar-refractivity contribution in [1.82, 2.24) is 19.9 Å². The van der Waals surface area contributed by atoms with Gasteiger partial charge in [0.2, 0.25) is 0 Å². The molecule has 0 saturated carbocycles. The second-order valence-electron chi connectivity index (χ2n) is 6.78. The van der Waals surface area contributed by atoms with E-state index < -0.39 is 15.6 Å². The van der Waals surface area contributed by atoms with Crippen LogP contribution in [0.15, 0.2) is 97.6 Å². The van der Waals surface area contributed by atoms with Gasteiger partial charge in [0.1, 0.15) is 0 Å². The average Bonchev–Trinajstić information content (AvgIpc) is 2.78. The molecule has 0 unspecified atom stereocenters. The van der Waals surface area contributed by atoms with E-state index in [1.54, 1.807) is 24.8 Å². The molecule has 0 aliphatic rings. The molecule has 39 heavy (non-hydrogen) atoms. The van der Waals surface area contributed by atoms with Gasteiger partial charge >= 0.3 is 85.5 Å². The van der Waals surface area contributed by atoms with Gasteiger partial charge in [0.25, 0.3) is 0 Å². The second kappa shape index (κ2) is 11.8. The molecule has 0 bridgehead atoms. The minimum atomic E-state index is -10.7. The predicted molar refractivity (Wildman–Crippen MR) is 122 cm³/mol. The molecule has 0 fully saturated rings. The smallest absolute Gasteiger partial charge is 0.255 e. The standard InChI is InChI=1S/2C10H8N2.2F6P.Ru/c2*1-3-7-11-9(5-1)10-6-2-4-8-12-10;2*1-7(2,3,4,5)6;/h2*1-8H;;;/q;;2*-1;+2. The molecule has 0 N–H and O–H groups in total. The summed E-state index contributed by atoms with van der Waals surface area (Å²) < 4.78 is 118. The van der Waals surface area contributed by atoms with Gasteiger partial charge in [-0.05, 0) is 48.5 Å². The first-order valence-corrected chi connectivity index (χ1v) is 13.7. The third-order valence-electron chi connectivity index (χ3n) is 3.18. The van der Waals surface area contributed by atoms with Crippen molar-refractivity contribution in [3.63, 3.8) is 0 Å². The van der Waals surface area contributed by atoms with Crippen molar-refractivity contribution in [2.75, 3.05) is 0 Å². The van der Waals surface area contributed by atoms with Crippen LogP contribution in [0.2, 0.25) is 0 Å². The van der Waals surface area contributed by atoms with Crippen LogP contribution in [0.25, 0.3) is 22.8 Å². The van der Waals surface area contributed by atoms with Gasteiger partial charge in [0.15, 0.2) is 0 Å². The van der Waals surface area contributed by atoms with Crippen LogP contribution in [0, 0.1) is 0 Å². The Labute approximate surface area is 225 Å². The van der Waals surface area contributed by atoms with Crippen LogP contribution in [0.4, 0.5) is 50.4 Å². The summed E-state index contributed by atoms with van der Waals surface area (Å²) in [5.41, 5.74) is 3.66. The van der Waals surface area contributed by atoms with Crippen molar-refractivity contribution in [2.45, 2.75) is 0 Å². The van der Waals surface area contributed by atoms with Gasteiger partial charge in [-0.15, -0.1) is 0 Å². The molecule has 0 radical (unpaired) electrons. The van der Waals surface area contributed by atoms with Crippen molar-refractivity contribution in [3.8, 4) is 22.8 Å². The summed E-state index contributed by atoms with van der Waals surface area (Å²) >= 11 is 0. The SMILES string of the molecule is F[P-](F)(F)(F)(F)F.F[P-](F)(F)(F)(F)F.[Ru+2].c1ccc(-c2ccccn2)nc1.c1ccc(-c2ccccn2)nc1. The van der Waals surface area contributed by atoms with Crippen LogP contribution in [0.5, 0.6) is 0 Å². The van der Waals surface area contributed by atoms with Crippen LogP contribution in [-0.4, -0.2) is 19.9 Å². The minimum absolute atomic E-state index is 0. The van der Waals surface area contributed by atoms with E-state index in [9.17, 15) is 50.4 Å². The quantitative estimate of drug-likeness (QED) is 0.119. The van der Waals surface area contributed by atoms with Crippen LogP contribution in [0.1, 0.15) is 0 Å². The van der Waals surface area contributed by atoms with E-state index in [4.69, 9.17) is 0 Å². The summed E-state index contributed by atoms with van der Waals surface area (Å²) in [4.78, 5) is 16.7. The summed E-state index contributed by atoms with van der Waals surface area (Å²) in [5.74, 6) is 0. The fraction of sp³-hybridized carbons (Fsp3) is 0. The number of hydrogen-bond donors (Lipinski definition) is 0. The average molecular weight is 703 g/mol. The van der Waals surface area contributed by atoms with Crippen LogP contribution < -0.4 is 0 Å². The summed E-state index contributed by atoms with van der Waals surface area (Å²) in [6.07, 6.45) is 7.07. The van der Waals surface area contributed by atoms with Crippen molar-refractivity contribution in [2.24, 2.45) is 0 Å². The Morgan fingerprint density at radius 3 is 0.590 bits per heavy atom. The molecule has 4 heterocycles. The summed E-state index contributed by atoms with van der Waals surface area (Å²) in [7, 11) is -21.3. The first-order chi connectivity index (χ1) is 16.8. The maximum atomic E-state index is 9.87. The summed E-state index contributed by atoms with van der Waals surface area (Å²) in [6, 6.07) is 23.2. The number of pyridine rings is 4. The Bertz CT molecular complexity index is 1060. The zero-order chi connectivity index (χ0) is 29.3. The van der Waals surface area contributed by atoms with E-state index in [-0.39, 0.29) is 19.5 Å². The van der Waals surface area contributed by atoms with E-state index in [1.807, 2.05) is 72.8 Å². The van der Waals surface area contributed by atoms with Gasteiger partial charge in [-0.1, -0.05) is 24.3 Å². The van der Waals surface area contributed by atoms with Gasteiger partial charge < -0.3 is 0 Å². The zero-order valence-electron chi connectivity index (χ0n) is 18.8. The third kappa shape index (κ3) is 28.1. The van der Waals surface area contributed by atoms with E-state index in [2.05, 4.69) is 19.9 Å². The molecule has 19 heteroatoms. The van der Waals surface area contributed by atoms with E-state index >= 15 is 0 Å². The fourth-order valence-corrected chi connectivity index (χ4v) is 2.06. The molecule has 0 atom stereocenters. The van der Waals surface area contributed by atoms with Crippen molar-refractivity contribution in [3.05, 3.63) is 97.6 Å². The maximum absolute atomic E-state index is 10.7. The molecular weight excluding hydrogens is 687 g/mol. The number of nitrogens with zero attached hydrogens (tertiary/aromatic N) is 4. The first-order valence-electron chi connectivity index (χ1n) is 9.61. The number of hydrogen-bond acceptors (Lipinski definition) is 4. The van der Waals surface area contributed by atoms with Crippen molar-refractivity contribution >= 4 is 15.6 Å². The molecule has 4 aromatic heterocycles. The van der Waals surface area contributed by atoms with Crippen LogP contribution in [0.3, 0.4) is 0 Å². The molecule has 0 aliphatic heterocycles. The summed E-state index contributed by atoms with van der Waals surface area (Å²) in [5, 5.41) is 0. The predicted octanol–water partition coefficient (Wildman–Crippen LogP) is 11.0. The topological polar surface area (TPSA) is 51.6 Å². The molecule has 4 rings (SSSR count). The maximum Gasteiger partial charge on any atom is 2.00 e. The molecule has 4 aromatic rings. The molecule has 0 aliphatic carbocycles. The number of halogens is 12. The molecule has 0 saturated heterocycles. The molecule has 0 amide bonds. The van der Waals surface area contributed by atoms with E-state index in [0.717, 1.165) is 22.8 Å². The zero-order valence-corrected chi connectivity index (χ0v) is 22.3. The number of rotatable bonds is 2. The molecule has 218 valence electrons. The Morgan fingerprint density at radius 1 is 0.333 bits per heavy atom. The number of aromatic nitrogens is 4. The Hall–Kier alpha value is -2.76. The molecule has 0 aromatic carbocycles. The van der Waals surface area contributed by atoms with Gasteiger partial charge in [-0.2, -0.15) is 0 Å². The van der Waals surface area contributed by atoms with Gasteiger partial charge in [-0.25, -0.2) is 0 Å². The minimum Gasteiger partial charge on any atom is -0.255 e. The van der Waals surface area contributed by atoms with E-state index in [0.29, 0.717) is 0 Å². The van der Waals surface area contributed by atoms with Gasteiger partial charge in [0, 0.05) is 24.8 Å². The third-order valence-corrected chi connectivity index (χ3v) is 3.18. The molecular formula is C20H16F12N4P2Ru. The Balaban J connectivity index is 0.000000508. The Kier molecular flexibility index (Phi) is 10.9. The van der Waals surface area contributed by atoms with Gasteiger partial charge in [-0.3, -0.25) is 19.9 Å². The van der Waals surface area contributed by atoms with Crippen LogP contribution >= 0.6 is 15.6 Å². The summed E-state index contributed by atoms with van der Waals surface area (Å²) in [6.45, 7) is 0. The first kappa shape index (κ1) is 36.2.